The predicted molar refractivity (Wildman–Crippen MR) is 89.6 cm³/mol. The third-order valence-corrected chi connectivity index (χ3v) is 4.81. The van der Waals surface area contributed by atoms with E-state index in [2.05, 4.69) is 37.7 Å². The lowest BCUT2D eigenvalue weighted by atomic mass is 10.2. The Hall–Kier alpha value is -0.950. The number of ether oxygens (including phenoxy) is 2. The molecular formula is C15H17BrClN3O2. The lowest BCUT2D eigenvalue weighted by Crippen LogP contribution is -2.45. The van der Waals surface area contributed by atoms with E-state index in [1.54, 1.807) is 18.5 Å². The lowest BCUT2D eigenvalue weighted by Gasteiger charge is -2.32. The van der Waals surface area contributed by atoms with Gasteiger partial charge in [0.15, 0.2) is 0 Å². The second-order valence-corrected chi connectivity index (χ2v) is 6.44. The maximum atomic E-state index is 6.14. The average molecular weight is 387 g/mol. The quantitative estimate of drug-likeness (QED) is 0.808. The molecule has 7 heteroatoms. The SMILES string of the molecule is C[C@@H]1COCCN1CCOc1ncc2c(Cl)ccnc2c1Br. The number of nitrogens with zero attached hydrogens (tertiary/aromatic N) is 3. The molecule has 2 aromatic heterocycles. The molecule has 3 heterocycles. The summed E-state index contributed by atoms with van der Waals surface area (Å²) in [6, 6.07) is 2.17. The predicted octanol–water partition coefficient (Wildman–Crippen LogP) is 3.15. The van der Waals surface area contributed by atoms with E-state index in [1.807, 2.05) is 0 Å². The number of hydrogen-bond donors (Lipinski definition) is 0. The van der Waals surface area contributed by atoms with E-state index < -0.39 is 0 Å². The van der Waals surface area contributed by atoms with Gasteiger partial charge in [-0.25, -0.2) is 4.98 Å². The molecule has 0 bridgehead atoms. The second kappa shape index (κ2) is 7.08. The Morgan fingerprint density at radius 3 is 3.18 bits per heavy atom. The summed E-state index contributed by atoms with van der Waals surface area (Å²) in [6.07, 6.45) is 3.37. The highest BCUT2D eigenvalue weighted by atomic mass is 79.9. The molecule has 0 aromatic carbocycles. The zero-order valence-electron chi connectivity index (χ0n) is 12.3. The zero-order chi connectivity index (χ0) is 15.5. The topological polar surface area (TPSA) is 47.5 Å². The van der Waals surface area contributed by atoms with Crippen LogP contribution in [0.25, 0.3) is 10.9 Å². The van der Waals surface area contributed by atoms with Gasteiger partial charge in [0.2, 0.25) is 5.88 Å². The first-order valence-electron chi connectivity index (χ1n) is 7.20. The number of aromatic nitrogens is 2. The molecule has 1 aliphatic heterocycles. The molecule has 0 saturated carbocycles. The van der Waals surface area contributed by atoms with Crippen LogP contribution in [0.5, 0.6) is 5.88 Å². The van der Waals surface area contributed by atoms with E-state index in [4.69, 9.17) is 21.1 Å². The highest BCUT2D eigenvalue weighted by Crippen LogP contribution is 2.32. The van der Waals surface area contributed by atoms with Crippen LogP contribution in [0, 0.1) is 0 Å². The van der Waals surface area contributed by atoms with Gasteiger partial charge in [-0.1, -0.05) is 11.6 Å². The molecular weight excluding hydrogens is 370 g/mol. The van der Waals surface area contributed by atoms with Crippen LogP contribution in [0.1, 0.15) is 6.92 Å². The Bertz CT molecular complexity index is 671. The Morgan fingerprint density at radius 1 is 1.50 bits per heavy atom. The zero-order valence-corrected chi connectivity index (χ0v) is 14.6. The smallest absolute Gasteiger partial charge is 0.230 e. The van der Waals surface area contributed by atoms with Gasteiger partial charge in [-0.3, -0.25) is 9.88 Å². The first kappa shape index (κ1) is 15.9. The fourth-order valence-electron chi connectivity index (χ4n) is 2.48. The fourth-order valence-corrected chi connectivity index (χ4v) is 3.21. The lowest BCUT2D eigenvalue weighted by molar-refractivity contribution is -0.00537. The van der Waals surface area contributed by atoms with E-state index in [9.17, 15) is 0 Å². The molecule has 0 N–H and O–H groups in total. The Kier molecular flexibility index (Phi) is 5.13. The standard InChI is InChI=1S/C15H17BrClN3O2/c1-10-9-21-6-4-20(10)5-7-22-15-13(16)14-11(8-19-15)12(17)2-3-18-14/h2-3,8,10H,4-7,9H2,1H3/t10-/m1/s1. The van der Waals surface area contributed by atoms with Gasteiger partial charge in [-0.05, 0) is 28.9 Å². The van der Waals surface area contributed by atoms with Gasteiger partial charge in [-0.15, -0.1) is 0 Å². The minimum Gasteiger partial charge on any atom is -0.475 e. The molecule has 3 rings (SSSR count). The molecule has 2 aromatic rings. The monoisotopic (exact) mass is 385 g/mol. The number of hydrogen-bond acceptors (Lipinski definition) is 5. The fraction of sp³-hybridized carbons (Fsp3) is 0.467. The second-order valence-electron chi connectivity index (χ2n) is 5.24. The molecule has 0 spiro atoms. The van der Waals surface area contributed by atoms with E-state index in [-0.39, 0.29) is 0 Å². The van der Waals surface area contributed by atoms with Crippen molar-refractivity contribution in [3.63, 3.8) is 0 Å². The molecule has 0 aliphatic carbocycles. The maximum absolute atomic E-state index is 6.14. The molecule has 1 atom stereocenters. The number of pyridine rings is 2. The van der Waals surface area contributed by atoms with Crippen LogP contribution >= 0.6 is 27.5 Å². The molecule has 1 saturated heterocycles. The largest absolute Gasteiger partial charge is 0.475 e. The summed E-state index contributed by atoms with van der Waals surface area (Å²) in [7, 11) is 0. The van der Waals surface area contributed by atoms with Crippen molar-refractivity contribution in [1.82, 2.24) is 14.9 Å². The van der Waals surface area contributed by atoms with Crippen molar-refractivity contribution < 1.29 is 9.47 Å². The Labute approximate surface area is 142 Å². The minimum absolute atomic E-state index is 0.422. The third-order valence-electron chi connectivity index (χ3n) is 3.77. The van der Waals surface area contributed by atoms with E-state index in [0.29, 0.717) is 23.6 Å². The summed E-state index contributed by atoms with van der Waals surface area (Å²) in [5.41, 5.74) is 0.761. The van der Waals surface area contributed by atoms with E-state index in [0.717, 1.165) is 41.7 Å². The molecule has 118 valence electrons. The van der Waals surface area contributed by atoms with Gasteiger partial charge in [0, 0.05) is 36.9 Å². The van der Waals surface area contributed by atoms with Gasteiger partial charge in [0.1, 0.15) is 11.1 Å². The van der Waals surface area contributed by atoms with Gasteiger partial charge in [-0.2, -0.15) is 0 Å². The Balaban J connectivity index is 1.68. The minimum atomic E-state index is 0.422. The summed E-state index contributed by atoms with van der Waals surface area (Å²) in [6.45, 7) is 6.08. The molecule has 0 unspecified atom stereocenters. The van der Waals surface area contributed by atoms with Crippen molar-refractivity contribution in [2.24, 2.45) is 0 Å². The van der Waals surface area contributed by atoms with Crippen molar-refractivity contribution in [3.8, 4) is 5.88 Å². The summed E-state index contributed by atoms with van der Waals surface area (Å²) in [4.78, 5) is 11.0. The van der Waals surface area contributed by atoms with Crippen molar-refractivity contribution >= 4 is 38.4 Å². The van der Waals surface area contributed by atoms with Crippen LogP contribution in [0.2, 0.25) is 5.02 Å². The number of fused-ring (bicyclic) bond motifs is 1. The normalized spacial score (nSPS) is 19.5. The van der Waals surface area contributed by atoms with Crippen LogP contribution in [-0.4, -0.2) is 53.8 Å². The van der Waals surface area contributed by atoms with Crippen molar-refractivity contribution in [2.45, 2.75) is 13.0 Å². The summed E-state index contributed by atoms with van der Waals surface area (Å²) in [5.74, 6) is 0.545. The number of halogens is 2. The average Bonchev–Trinajstić information content (AvgIpc) is 2.52. The van der Waals surface area contributed by atoms with Crippen molar-refractivity contribution in [1.29, 1.82) is 0 Å². The van der Waals surface area contributed by atoms with Crippen molar-refractivity contribution in [3.05, 3.63) is 28.0 Å². The highest BCUT2D eigenvalue weighted by Gasteiger charge is 2.18. The molecule has 5 nitrogen and oxygen atoms in total. The third kappa shape index (κ3) is 3.35. The van der Waals surface area contributed by atoms with Crippen LogP contribution in [-0.2, 0) is 4.74 Å². The van der Waals surface area contributed by atoms with Gasteiger partial charge >= 0.3 is 0 Å². The van der Waals surface area contributed by atoms with Crippen LogP contribution in [0.4, 0.5) is 0 Å². The molecule has 1 aliphatic rings. The number of morpholine rings is 1. The van der Waals surface area contributed by atoms with E-state index in [1.165, 1.54) is 0 Å². The first-order valence-corrected chi connectivity index (χ1v) is 8.37. The molecule has 0 amide bonds. The van der Waals surface area contributed by atoms with Crippen molar-refractivity contribution in [2.75, 3.05) is 32.9 Å². The molecule has 1 fully saturated rings. The summed E-state index contributed by atoms with van der Waals surface area (Å²) < 4.78 is 12.0. The highest BCUT2D eigenvalue weighted by molar-refractivity contribution is 9.10. The van der Waals surface area contributed by atoms with Crippen LogP contribution < -0.4 is 4.74 Å². The number of rotatable bonds is 4. The summed E-state index contributed by atoms with van der Waals surface area (Å²) in [5, 5.41) is 1.44. The van der Waals surface area contributed by atoms with E-state index >= 15 is 0 Å². The maximum Gasteiger partial charge on any atom is 0.230 e. The van der Waals surface area contributed by atoms with Crippen LogP contribution in [0.15, 0.2) is 22.9 Å². The van der Waals surface area contributed by atoms with Gasteiger partial charge in [0.25, 0.3) is 0 Å². The molecule has 0 radical (unpaired) electrons. The molecule has 22 heavy (non-hydrogen) atoms. The Morgan fingerprint density at radius 2 is 2.36 bits per heavy atom. The first-order chi connectivity index (χ1) is 10.7. The van der Waals surface area contributed by atoms with Gasteiger partial charge < -0.3 is 9.47 Å². The summed E-state index contributed by atoms with van der Waals surface area (Å²) >= 11 is 9.65. The van der Waals surface area contributed by atoms with Gasteiger partial charge in [0.05, 0.1) is 23.8 Å². The van der Waals surface area contributed by atoms with Crippen LogP contribution in [0.3, 0.4) is 0 Å².